The lowest BCUT2D eigenvalue weighted by Gasteiger charge is -2.15. The number of aryl methyl sites for hydroxylation is 1. The fourth-order valence-electron chi connectivity index (χ4n) is 2.62. The molecule has 0 saturated carbocycles. The van der Waals surface area contributed by atoms with E-state index in [1.54, 1.807) is 73.7 Å². The Morgan fingerprint density at radius 2 is 1.71 bits per heavy atom. The van der Waals surface area contributed by atoms with Crippen LogP contribution in [0.5, 0.6) is 0 Å². The van der Waals surface area contributed by atoms with Gasteiger partial charge in [-0.2, -0.15) is 8.42 Å². The van der Waals surface area contributed by atoms with Gasteiger partial charge in [-0.1, -0.05) is 37.3 Å². The molecule has 0 spiro atoms. The molecule has 0 aliphatic carbocycles. The van der Waals surface area contributed by atoms with Crippen molar-refractivity contribution < 1.29 is 13.2 Å². The zero-order chi connectivity index (χ0) is 20.3. The highest BCUT2D eigenvalue weighted by molar-refractivity contribution is 8.19. The topological polar surface area (TPSA) is 70.0 Å². The number of anilines is 1. The number of hydrogen-bond acceptors (Lipinski definition) is 5. The molecule has 1 aliphatic heterocycles. The molecule has 2 aromatic carbocycles. The highest BCUT2D eigenvalue weighted by Crippen LogP contribution is 2.35. The van der Waals surface area contributed by atoms with Crippen LogP contribution in [0.25, 0.3) is 0 Å². The summed E-state index contributed by atoms with van der Waals surface area (Å²) in [7, 11) is -0.352. The minimum Gasteiger partial charge on any atom is -0.382 e. The summed E-state index contributed by atoms with van der Waals surface area (Å²) in [5, 5.41) is 0.115. The van der Waals surface area contributed by atoms with E-state index in [4.69, 9.17) is 0 Å². The van der Waals surface area contributed by atoms with Gasteiger partial charge in [0.2, 0.25) is 0 Å². The standard InChI is InChI=1S/C20H21N3O3S2/c1-4-15-10-12-17(13-11-15)28(25,26)21-20-23(16-8-6-5-7-9-16)19(24)18(27-20)14-22(2)3/h5-14H,4H2,1-3H3. The first-order valence-electron chi connectivity index (χ1n) is 8.71. The highest BCUT2D eigenvalue weighted by Gasteiger charge is 2.36. The number of para-hydroxylation sites is 1. The first kappa shape index (κ1) is 20.2. The van der Waals surface area contributed by atoms with Crippen LogP contribution >= 0.6 is 11.8 Å². The Balaban J connectivity index is 2.06. The summed E-state index contributed by atoms with van der Waals surface area (Å²) in [4.78, 5) is 16.5. The fraction of sp³-hybridized carbons (Fsp3) is 0.200. The molecule has 3 rings (SSSR count). The number of carbonyl (C=O) groups excluding carboxylic acids is 1. The maximum Gasteiger partial charge on any atom is 0.284 e. The van der Waals surface area contributed by atoms with Crippen LogP contribution in [-0.2, 0) is 21.2 Å². The summed E-state index contributed by atoms with van der Waals surface area (Å²) >= 11 is 1.05. The van der Waals surface area contributed by atoms with E-state index < -0.39 is 10.0 Å². The van der Waals surface area contributed by atoms with E-state index in [9.17, 15) is 13.2 Å². The Labute approximate surface area is 169 Å². The summed E-state index contributed by atoms with van der Waals surface area (Å²) < 4.78 is 29.7. The molecule has 8 heteroatoms. The lowest BCUT2D eigenvalue weighted by Crippen LogP contribution is -2.29. The molecule has 2 aromatic rings. The first-order chi connectivity index (χ1) is 13.3. The second-order valence-electron chi connectivity index (χ2n) is 6.38. The predicted octanol–water partition coefficient (Wildman–Crippen LogP) is 3.48. The van der Waals surface area contributed by atoms with Crippen molar-refractivity contribution in [2.45, 2.75) is 18.2 Å². The van der Waals surface area contributed by atoms with Gasteiger partial charge in [0, 0.05) is 20.3 Å². The van der Waals surface area contributed by atoms with Crippen LogP contribution < -0.4 is 4.90 Å². The summed E-state index contributed by atoms with van der Waals surface area (Å²) in [6.07, 6.45) is 2.48. The molecule has 146 valence electrons. The van der Waals surface area contributed by atoms with Crippen LogP contribution in [0.2, 0.25) is 0 Å². The van der Waals surface area contributed by atoms with Crippen molar-refractivity contribution >= 4 is 38.5 Å². The van der Waals surface area contributed by atoms with Crippen LogP contribution in [0, 0.1) is 0 Å². The number of carbonyl (C=O) groups is 1. The molecule has 1 saturated heterocycles. The molecule has 0 aromatic heterocycles. The van der Waals surface area contributed by atoms with E-state index in [-0.39, 0.29) is 16.0 Å². The number of rotatable bonds is 5. The summed E-state index contributed by atoms with van der Waals surface area (Å²) in [6, 6.07) is 15.5. The van der Waals surface area contributed by atoms with E-state index in [0.29, 0.717) is 10.6 Å². The van der Waals surface area contributed by atoms with Gasteiger partial charge < -0.3 is 4.90 Å². The van der Waals surface area contributed by atoms with Crippen LogP contribution in [0.4, 0.5) is 5.69 Å². The molecule has 0 bridgehead atoms. The van der Waals surface area contributed by atoms with Gasteiger partial charge >= 0.3 is 0 Å². The van der Waals surface area contributed by atoms with Gasteiger partial charge in [0.25, 0.3) is 15.9 Å². The Morgan fingerprint density at radius 1 is 1.07 bits per heavy atom. The summed E-state index contributed by atoms with van der Waals surface area (Å²) in [5.41, 5.74) is 1.61. The molecular formula is C20H21N3O3S2. The number of amidine groups is 1. The molecule has 0 unspecified atom stereocenters. The van der Waals surface area contributed by atoms with Crippen LogP contribution in [0.1, 0.15) is 12.5 Å². The third-order valence-corrected chi connectivity index (χ3v) is 6.38. The van der Waals surface area contributed by atoms with Gasteiger partial charge in [-0.3, -0.25) is 9.69 Å². The Bertz CT molecular complexity index is 1030. The van der Waals surface area contributed by atoms with Gasteiger partial charge in [0.05, 0.1) is 15.5 Å². The van der Waals surface area contributed by atoms with E-state index in [2.05, 4.69) is 4.40 Å². The quantitative estimate of drug-likeness (QED) is 0.700. The van der Waals surface area contributed by atoms with Crippen molar-refractivity contribution in [3.05, 3.63) is 71.3 Å². The average Bonchev–Trinajstić information content (AvgIpc) is 2.96. The third kappa shape index (κ3) is 4.28. The molecular weight excluding hydrogens is 394 g/mol. The van der Waals surface area contributed by atoms with Crippen LogP contribution in [-0.4, -0.2) is 38.5 Å². The van der Waals surface area contributed by atoms with Crippen molar-refractivity contribution in [1.29, 1.82) is 0 Å². The second kappa shape index (κ2) is 8.20. The lowest BCUT2D eigenvalue weighted by molar-refractivity contribution is -0.113. The number of nitrogens with zero attached hydrogens (tertiary/aromatic N) is 3. The van der Waals surface area contributed by atoms with E-state index in [0.717, 1.165) is 23.7 Å². The van der Waals surface area contributed by atoms with Crippen molar-refractivity contribution in [3.63, 3.8) is 0 Å². The van der Waals surface area contributed by atoms with Gasteiger partial charge in [-0.15, -0.1) is 4.40 Å². The monoisotopic (exact) mass is 415 g/mol. The lowest BCUT2D eigenvalue weighted by atomic mass is 10.2. The van der Waals surface area contributed by atoms with Gasteiger partial charge in [-0.25, -0.2) is 0 Å². The van der Waals surface area contributed by atoms with Crippen molar-refractivity contribution in [3.8, 4) is 0 Å². The maximum absolute atomic E-state index is 12.9. The fourth-order valence-corrected chi connectivity index (χ4v) is 4.85. The SMILES string of the molecule is CCc1ccc(S(=O)(=O)N=C2SC(=CN(C)C)C(=O)N2c2ccccc2)cc1. The smallest absolute Gasteiger partial charge is 0.284 e. The van der Waals surface area contributed by atoms with Crippen molar-refractivity contribution in [2.24, 2.45) is 4.40 Å². The number of thioether (sulfide) groups is 1. The number of amides is 1. The summed E-state index contributed by atoms with van der Waals surface area (Å²) in [6.45, 7) is 2.00. The molecule has 0 N–H and O–H groups in total. The summed E-state index contributed by atoms with van der Waals surface area (Å²) in [5.74, 6) is -0.305. The minimum absolute atomic E-state index is 0.100. The number of benzene rings is 2. The molecule has 0 radical (unpaired) electrons. The maximum atomic E-state index is 12.9. The van der Waals surface area contributed by atoms with E-state index in [1.807, 2.05) is 13.0 Å². The van der Waals surface area contributed by atoms with E-state index >= 15 is 0 Å². The van der Waals surface area contributed by atoms with Gasteiger partial charge in [-0.05, 0) is 48.0 Å². The molecule has 28 heavy (non-hydrogen) atoms. The second-order valence-corrected chi connectivity index (χ2v) is 8.99. The molecule has 1 aliphatic rings. The van der Waals surface area contributed by atoms with Crippen molar-refractivity contribution in [1.82, 2.24) is 4.90 Å². The minimum atomic E-state index is -3.95. The first-order valence-corrected chi connectivity index (χ1v) is 11.0. The molecule has 6 nitrogen and oxygen atoms in total. The zero-order valence-corrected chi connectivity index (χ0v) is 17.5. The molecule has 1 fully saturated rings. The number of hydrogen-bond donors (Lipinski definition) is 0. The Kier molecular flexibility index (Phi) is 5.90. The largest absolute Gasteiger partial charge is 0.382 e. The predicted molar refractivity (Wildman–Crippen MR) is 114 cm³/mol. The average molecular weight is 416 g/mol. The third-order valence-electron chi connectivity index (χ3n) is 4.02. The van der Waals surface area contributed by atoms with Gasteiger partial charge in [0.15, 0.2) is 5.17 Å². The van der Waals surface area contributed by atoms with Crippen LogP contribution in [0.3, 0.4) is 0 Å². The Hall–Kier alpha value is -2.58. The van der Waals surface area contributed by atoms with Crippen LogP contribution in [0.15, 0.2) is 75.0 Å². The Morgan fingerprint density at radius 3 is 2.29 bits per heavy atom. The number of sulfonamides is 1. The molecule has 1 heterocycles. The van der Waals surface area contributed by atoms with Gasteiger partial charge in [0.1, 0.15) is 0 Å². The molecule has 1 amide bonds. The van der Waals surface area contributed by atoms with Crippen molar-refractivity contribution in [2.75, 3.05) is 19.0 Å². The molecule has 0 atom stereocenters. The normalized spacial score (nSPS) is 17.5. The van der Waals surface area contributed by atoms with E-state index in [1.165, 1.54) is 4.90 Å². The zero-order valence-electron chi connectivity index (χ0n) is 15.9. The highest BCUT2D eigenvalue weighted by atomic mass is 32.2.